The number of carboxylic acids is 1. The minimum atomic E-state index is -1.29. The number of aliphatic carboxylic acids is 1. The van der Waals surface area contributed by atoms with Crippen LogP contribution in [0.3, 0.4) is 0 Å². The first-order chi connectivity index (χ1) is 12.5. The van der Waals surface area contributed by atoms with Crippen LogP contribution in [-0.2, 0) is 19.2 Å². The molecule has 10 nitrogen and oxygen atoms in total. The largest absolute Gasteiger partial charge is 0.480 e. The van der Waals surface area contributed by atoms with Crippen LogP contribution >= 0.6 is 0 Å². The molecule has 1 saturated heterocycles. The van der Waals surface area contributed by atoms with E-state index in [9.17, 15) is 29.4 Å². The SMILES string of the molecule is CC(C)CC(N)C(=O)NCC(=O)NC(C(=O)N1CCCC1C(=O)O)C(C)O. The van der Waals surface area contributed by atoms with Crippen LogP contribution in [0.2, 0.25) is 0 Å². The molecular formula is C17H30N4O6. The zero-order chi connectivity index (χ0) is 20.7. The summed E-state index contributed by atoms with van der Waals surface area (Å²) in [5, 5.41) is 23.8. The number of rotatable bonds is 9. The van der Waals surface area contributed by atoms with Gasteiger partial charge in [-0.1, -0.05) is 13.8 Å². The molecule has 1 rings (SSSR count). The zero-order valence-electron chi connectivity index (χ0n) is 16.0. The Morgan fingerprint density at radius 2 is 1.85 bits per heavy atom. The summed E-state index contributed by atoms with van der Waals surface area (Å²) in [6.07, 6.45) is 0.0990. The van der Waals surface area contributed by atoms with Crippen LogP contribution in [0, 0.1) is 5.92 Å². The van der Waals surface area contributed by atoms with Gasteiger partial charge in [-0.25, -0.2) is 4.79 Å². The zero-order valence-corrected chi connectivity index (χ0v) is 16.0. The van der Waals surface area contributed by atoms with E-state index in [2.05, 4.69) is 10.6 Å². The standard InChI is InChI=1S/C17H30N4O6/c1-9(2)7-11(18)15(24)19-8-13(23)20-14(10(3)22)16(25)21-6-4-5-12(21)17(26)27/h9-12,14,22H,4-8,18H2,1-3H3,(H,19,24)(H,20,23)(H,26,27). The summed E-state index contributed by atoms with van der Waals surface area (Å²) in [6.45, 7) is 5.01. The maximum absolute atomic E-state index is 12.6. The van der Waals surface area contributed by atoms with Gasteiger partial charge in [0.1, 0.15) is 12.1 Å². The van der Waals surface area contributed by atoms with Crippen LogP contribution in [0.25, 0.3) is 0 Å². The van der Waals surface area contributed by atoms with Crippen molar-refractivity contribution in [1.29, 1.82) is 0 Å². The highest BCUT2D eigenvalue weighted by molar-refractivity contribution is 5.93. The van der Waals surface area contributed by atoms with Crippen LogP contribution < -0.4 is 16.4 Å². The predicted octanol–water partition coefficient (Wildman–Crippen LogP) is -1.58. The summed E-state index contributed by atoms with van der Waals surface area (Å²) in [4.78, 5) is 48.9. The number of nitrogens with one attached hydrogen (secondary N) is 2. The van der Waals surface area contributed by atoms with E-state index >= 15 is 0 Å². The van der Waals surface area contributed by atoms with E-state index in [1.807, 2.05) is 13.8 Å². The van der Waals surface area contributed by atoms with E-state index in [1.54, 1.807) is 0 Å². The number of hydrogen-bond acceptors (Lipinski definition) is 6. The molecule has 0 aromatic rings. The van der Waals surface area contributed by atoms with Gasteiger partial charge in [0, 0.05) is 6.54 Å². The fourth-order valence-electron chi connectivity index (χ4n) is 2.99. The second kappa shape index (κ2) is 10.2. The number of carboxylic acid groups (broad SMARTS) is 1. The molecule has 1 aliphatic heterocycles. The predicted molar refractivity (Wildman–Crippen MR) is 96.4 cm³/mol. The number of nitrogens with two attached hydrogens (primary N) is 1. The van der Waals surface area contributed by atoms with Crippen LogP contribution in [0.15, 0.2) is 0 Å². The minimum absolute atomic E-state index is 0.222. The molecule has 0 aromatic heterocycles. The lowest BCUT2D eigenvalue weighted by Gasteiger charge is -2.28. The van der Waals surface area contributed by atoms with Gasteiger partial charge in [-0.3, -0.25) is 14.4 Å². The normalized spacial score (nSPS) is 20.1. The lowest BCUT2D eigenvalue weighted by Crippen LogP contribution is -2.57. The van der Waals surface area contributed by atoms with Gasteiger partial charge in [0.2, 0.25) is 17.7 Å². The molecule has 1 fully saturated rings. The highest BCUT2D eigenvalue weighted by Gasteiger charge is 2.39. The maximum atomic E-state index is 12.6. The molecule has 0 aromatic carbocycles. The number of carbonyl (C=O) groups is 4. The van der Waals surface area contributed by atoms with Crippen molar-refractivity contribution in [1.82, 2.24) is 15.5 Å². The monoisotopic (exact) mass is 386 g/mol. The number of nitrogens with zero attached hydrogens (tertiary/aromatic N) is 1. The van der Waals surface area contributed by atoms with E-state index in [-0.39, 0.29) is 12.5 Å². The average Bonchev–Trinajstić information content (AvgIpc) is 3.05. The summed E-state index contributed by atoms with van der Waals surface area (Å²) in [6, 6.07) is -3.00. The molecule has 0 aliphatic carbocycles. The second-order valence-electron chi connectivity index (χ2n) is 7.27. The van der Waals surface area contributed by atoms with Gasteiger partial charge in [0.15, 0.2) is 0 Å². The molecule has 0 radical (unpaired) electrons. The number of aliphatic hydroxyl groups is 1. The maximum Gasteiger partial charge on any atom is 0.326 e. The molecule has 1 aliphatic rings. The third-order valence-electron chi connectivity index (χ3n) is 4.37. The first-order valence-corrected chi connectivity index (χ1v) is 9.08. The first kappa shape index (κ1) is 22.8. The van der Waals surface area contributed by atoms with Gasteiger partial charge in [0.05, 0.1) is 18.7 Å². The van der Waals surface area contributed by atoms with Crippen LogP contribution in [0.1, 0.15) is 40.0 Å². The molecule has 4 atom stereocenters. The summed E-state index contributed by atoms with van der Waals surface area (Å²) in [7, 11) is 0. The quantitative estimate of drug-likeness (QED) is 0.319. The van der Waals surface area contributed by atoms with Crippen LogP contribution in [0.4, 0.5) is 0 Å². The van der Waals surface area contributed by atoms with Crippen molar-refractivity contribution in [3.8, 4) is 0 Å². The molecule has 27 heavy (non-hydrogen) atoms. The van der Waals surface area contributed by atoms with Gasteiger partial charge in [-0.15, -0.1) is 0 Å². The second-order valence-corrected chi connectivity index (χ2v) is 7.27. The Bertz CT molecular complexity index is 566. The van der Waals surface area contributed by atoms with Crippen molar-refractivity contribution in [3.05, 3.63) is 0 Å². The lowest BCUT2D eigenvalue weighted by molar-refractivity contribution is -0.150. The molecule has 3 amide bonds. The van der Waals surface area contributed by atoms with Gasteiger partial charge in [-0.05, 0) is 32.1 Å². The molecule has 10 heteroatoms. The van der Waals surface area contributed by atoms with Gasteiger partial charge < -0.3 is 31.5 Å². The van der Waals surface area contributed by atoms with Gasteiger partial charge in [-0.2, -0.15) is 0 Å². The first-order valence-electron chi connectivity index (χ1n) is 9.08. The highest BCUT2D eigenvalue weighted by Crippen LogP contribution is 2.19. The molecule has 0 spiro atoms. The Morgan fingerprint density at radius 3 is 2.37 bits per heavy atom. The summed E-state index contributed by atoms with van der Waals surface area (Å²) in [5.41, 5.74) is 5.73. The molecule has 1 heterocycles. The van der Waals surface area contributed by atoms with E-state index in [4.69, 9.17) is 5.73 Å². The minimum Gasteiger partial charge on any atom is -0.480 e. The number of carbonyl (C=O) groups excluding carboxylic acids is 3. The average molecular weight is 386 g/mol. The highest BCUT2D eigenvalue weighted by atomic mass is 16.4. The van der Waals surface area contributed by atoms with Crippen molar-refractivity contribution in [2.45, 2.75) is 64.3 Å². The van der Waals surface area contributed by atoms with Crippen molar-refractivity contribution in [2.24, 2.45) is 11.7 Å². The van der Waals surface area contributed by atoms with Gasteiger partial charge in [0.25, 0.3) is 0 Å². The van der Waals surface area contributed by atoms with Crippen LogP contribution in [-0.4, -0.2) is 76.1 Å². The number of aliphatic hydroxyl groups excluding tert-OH is 1. The topological polar surface area (TPSA) is 162 Å². The van der Waals surface area contributed by atoms with E-state index in [1.165, 1.54) is 6.92 Å². The lowest BCUT2D eigenvalue weighted by atomic mass is 10.0. The molecule has 4 unspecified atom stereocenters. The molecule has 0 saturated carbocycles. The van der Waals surface area contributed by atoms with Crippen molar-refractivity contribution < 1.29 is 29.4 Å². The molecular weight excluding hydrogens is 356 g/mol. The third-order valence-corrected chi connectivity index (χ3v) is 4.37. The number of amides is 3. The fourth-order valence-corrected chi connectivity index (χ4v) is 2.99. The Hall–Kier alpha value is -2.20. The molecule has 6 N–H and O–H groups in total. The van der Waals surface area contributed by atoms with E-state index in [0.717, 1.165) is 4.90 Å². The number of hydrogen-bond donors (Lipinski definition) is 5. The smallest absolute Gasteiger partial charge is 0.326 e. The Balaban J connectivity index is 2.63. The molecule has 0 bridgehead atoms. The van der Waals surface area contributed by atoms with Gasteiger partial charge >= 0.3 is 5.97 Å². The van der Waals surface area contributed by atoms with Crippen molar-refractivity contribution in [2.75, 3.05) is 13.1 Å². The Labute approximate surface area is 158 Å². The number of likely N-dealkylation sites (tertiary alicyclic amines) is 1. The third kappa shape index (κ3) is 6.79. The van der Waals surface area contributed by atoms with Crippen molar-refractivity contribution in [3.63, 3.8) is 0 Å². The van der Waals surface area contributed by atoms with Crippen molar-refractivity contribution >= 4 is 23.7 Å². The van der Waals surface area contributed by atoms with E-state index in [0.29, 0.717) is 19.3 Å². The Morgan fingerprint density at radius 1 is 1.22 bits per heavy atom. The summed E-state index contributed by atoms with van der Waals surface area (Å²) in [5.74, 6) is -2.72. The Kier molecular flexibility index (Phi) is 8.64. The molecule has 154 valence electrons. The summed E-state index contributed by atoms with van der Waals surface area (Å²) >= 11 is 0. The summed E-state index contributed by atoms with van der Waals surface area (Å²) < 4.78 is 0. The van der Waals surface area contributed by atoms with Crippen LogP contribution in [0.5, 0.6) is 0 Å². The van der Waals surface area contributed by atoms with E-state index < -0.39 is 54.5 Å². The fraction of sp³-hybridized carbons (Fsp3) is 0.765.